The minimum Gasteiger partial charge on any atom is -0.396 e. The fourth-order valence-electron chi connectivity index (χ4n) is 3.76. The van der Waals surface area contributed by atoms with Crippen molar-refractivity contribution in [2.24, 2.45) is 0 Å². The van der Waals surface area contributed by atoms with Gasteiger partial charge in [0.1, 0.15) is 0 Å². The summed E-state index contributed by atoms with van der Waals surface area (Å²) in [5.41, 5.74) is 7.07. The van der Waals surface area contributed by atoms with Crippen molar-refractivity contribution in [3.8, 4) is 0 Å². The van der Waals surface area contributed by atoms with Crippen LogP contribution in [-0.2, 0) is 0 Å². The van der Waals surface area contributed by atoms with E-state index < -0.39 is 0 Å². The van der Waals surface area contributed by atoms with Gasteiger partial charge in [0.15, 0.2) is 5.69 Å². The molecule has 1 aromatic heterocycles. The molecule has 0 radical (unpaired) electrons. The first-order valence-corrected chi connectivity index (χ1v) is 8.36. The van der Waals surface area contributed by atoms with Gasteiger partial charge in [0, 0.05) is 18.8 Å². The van der Waals surface area contributed by atoms with Crippen LogP contribution in [0.5, 0.6) is 0 Å². The van der Waals surface area contributed by atoms with Crippen LogP contribution in [0.25, 0.3) is 0 Å². The molecule has 5 heteroatoms. The van der Waals surface area contributed by atoms with E-state index in [1.807, 2.05) is 15.8 Å². The Bertz CT molecular complexity index is 504. The van der Waals surface area contributed by atoms with Gasteiger partial charge in [0.05, 0.1) is 11.7 Å². The second kappa shape index (κ2) is 6.08. The number of rotatable bonds is 3. The first-order chi connectivity index (χ1) is 10.2. The Morgan fingerprint density at radius 2 is 2.00 bits per heavy atom. The monoisotopic (exact) mass is 290 g/mol. The highest BCUT2D eigenvalue weighted by Crippen LogP contribution is 2.30. The van der Waals surface area contributed by atoms with E-state index in [0.29, 0.717) is 23.5 Å². The third kappa shape index (κ3) is 2.78. The van der Waals surface area contributed by atoms with E-state index in [-0.39, 0.29) is 5.91 Å². The van der Waals surface area contributed by atoms with E-state index in [1.54, 1.807) is 0 Å². The lowest BCUT2D eigenvalue weighted by Gasteiger charge is -2.34. The smallest absolute Gasteiger partial charge is 0.276 e. The van der Waals surface area contributed by atoms with Crippen LogP contribution in [-0.4, -0.2) is 33.2 Å². The molecule has 2 heterocycles. The molecule has 1 saturated heterocycles. The molecule has 2 fully saturated rings. The number of anilines is 1. The van der Waals surface area contributed by atoms with Gasteiger partial charge in [-0.2, -0.15) is 5.10 Å². The van der Waals surface area contributed by atoms with Gasteiger partial charge in [-0.05, 0) is 38.5 Å². The van der Waals surface area contributed by atoms with Crippen molar-refractivity contribution in [3.63, 3.8) is 0 Å². The van der Waals surface area contributed by atoms with Crippen LogP contribution in [0.1, 0.15) is 74.8 Å². The molecular weight excluding hydrogens is 264 g/mol. The van der Waals surface area contributed by atoms with Gasteiger partial charge in [-0.15, -0.1) is 0 Å². The van der Waals surface area contributed by atoms with Gasteiger partial charge >= 0.3 is 0 Å². The highest BCUT2D eigenvalue weighted by atomic mass is 16.2. The van der Waals surface area contributed by atoms with Gasteiger partial charge < -0.3 is 10.6 Å². The van der Waals surface area contributed by atoms with E-state index in [1.165, 1.54) is 19.3 Å². The number of nitrogens with two attached hydrogens (primary N) is 1. The normalized spacial score (nSPS) is 23.7. The summed E-state index contributed by atoms with van der Waals surface area (Å²) in [4.78, 5) is 14.8. The van der Waals surface area contributed by atoms with E-state index in [4.69, 9.17) is 5.73 Å². The van der Waals surface area contributed by atoms with Crippen LogP contribution in [0.2, 0.25) is 0 Å². The topological polar surface area (TPSA) is 64.2 Å². The van der Waals surface area contributed by atoms with Crippen LogP contribution in [0, 0.1) is 0 Å². The number of piperidine rings is 1. The number of nitrogen functional groups attached to an aromatic ring is 1. The van der Waals surface area contributed by atoms with Crippen LogP contribution in [0.15, 0.2) is 6.20 Å². The molecule has 21 heavy (non-hydrogen) atoms. The Kier molecular flexibility index (Phi) is 4.17. The van der Waals surface area contributed by atoms with E-state index in [0.717, 1.165) is 38.6 Å². The van der Waals surface area contributed by atoms with Crippen LogP contribution in [0.4, 0.5) is 5.69 Å². The third-order valence-electron chi connectivity index (χ3n) is 5.02. The molecule has 1 saturated carbocycles. The lowest BCUT2D eigenvalue weighted by Crippen LogP contribution is -2.43. The SMILES string of the molecule is CCC1CCCCN1C(=O)c1nn(C2CCCC2)cc1N. The van der Waals surface area contributed by atoms with E-state index in [2.05, 4.69) is 12.0 Å². The lowest BCUT2D eigenvalue weighted by atomic mass is 9.99. The molecule has 1 amide bonds. The summed E-state index contributed by atoms with van der Waals surface area (Å²) in [5.74, 6) is 0.0239. The number of carbonyl (C=O) groups is 1. The second-order valence-corrected chi connectivity index (χ2v) is 6.41. The first-order valence-electron chi connectivity index (χ1n) is 8.36. The largest absolute Gasteiger partial charge is 0.396 e. The molecule has 0 bridgehead atoms. The highest BCUT2D eigenvalue weighted by Gasteiger charge is 2.30. The highest BCUT2D eigenvalue weighted by molar-refractivity contribution is 5.97. The summed E-state index contributed by atoms with van der Waals surface area (Å²) in [6, 6.07) is 0.777. The van der Waals surface area contributed by atoms with Crippen molar-refractivity contribution in [1.29, 1.82) is 0 Å². The maximum atomic E-state index is 12.8. The maximum absolute atomic E-state index is 12.8. The zero-order chi connectivity index (χ0) is 14.8. The molecule has 1 unspecified atom stereocenters. The standard InChI is InChI=1S/C16H26N4O/c1-2-12-7-5-6-10-19(12)16(21)15-14(17)11-20(18-15)13-8-3-4-9-13/h11-13H,2-10,17H2,1H3. The predicted octanol–water partition coefficient (Wildman–Crippen LogP) is 2.99. The minimum atomic E-state index is 0.0239. The number of hydrogen-bond donors (Lipinski definition) is 1. The maximum Gasteiger partial charge on any atom is 0.276 e. The number of hydrogen-bond acceptors (Lipinski definition) is 3. The number of aromatic nitrogens is 2. The zero-order valence-electron chi connectivity index (χ0n) is 12.9. The van der Waals surface area contributed by atoms with E-state index in [9.17, 15) is 4.79 Å². The van der Waals surface area contributed by atoms with Gasteiger partial charge in [-0.3, -0.25) is 9.48 Å². The third-order valence-corrected chi connectivity index (χ3v) is 5.02. The molecule has 0 spiro atoms. The summed E-state index contributed by atoms with van der Waals surface area (Å²) >= 11 is 0. The van der Waals surface area contributed by atoms with Crippen LogP contribution >= 0.6 is 0 Å². The molecular formula is C16H26N4O. The average Bonchev–Trinajstić information content (AvgIpc) is 3.15. The molecule has 3 rings (SSSR count). The number of carbonyl (C=O) groups excluding carboxylic acids is 1. The molecule has 116 valence electrons. The number of nitrogens with zero attached hydrogens (tertiary/aromatic N) is 3. The Morgan fingerprint density at radius 1 is 1.29 bits per heavy atom. The first kappa shape index (κ1) is 14.4. The quantitative estimate of drug-likeness (QED) is 0.930. The fourth-order valence-corrected chi connectivity index (χ4v) is 3.76. The van der Waals surface area contributed by atoms with Gasteiger partial charge in [0.2, 0.25) is 0 Å². The Morgan fingerprint density at radius 3 is 2.71 bits per heavy atom. The van der Waals surface area contributed by atoms with Crippen molar-refractivity contribution in [2.75, 3.05) is 12.3 Å². The molecule has 1 atom stereocenters. The summed E-state index contributed by atoms with van der Waals surface area (Å²) < 4.78 is 1.93. The molecule has 2 aliphatic rings. The molecule has 1 aliphatic heterocycles. The molecule has 5 nitrogen and oxygen atoms in total. The molecule has 1 aliphatic carbocycles. The molecule has 1 aromatic rings. The number of likely N-dealkylation sites (tertiary alicyclic amines) is 1. The van der Waals surface area contributed by atoms with E-state index >= 15 is 0 Å². The Balaban J connectivity index is 1.80. The van der Waals surface area contributed by atoms with Gasteiger partial charge in [-0.1, -0.05) is 19.8 Å². The van der Waals surface area contributed by atoms with Gasteiger partial charge in [-0.25, -0.2) is 0 Å². The Labute approximate surface area is 126 Å². The second-order valence-electron chi connectivity index (χ2n) is 6.41. The predicted molar refractivity (Wildman–Crippen MR) is 83.1 cm³/mol. The van der Waals surface area contributed by atoms with Crippen molar-refractivity contribution in [3.05, 3.63) is 11.9 Å². The zero-order valence-corrected chi connectivity index (χ0v) is 12.9. The van der Waals surface area contributed by atoms with Crippen molar-refractivity contribution in [1.82, 2.24) is 14.7 Å². The fraction of sp³-hybridized carbons (Fsp3) is 0.750. The van der Waals surface area contributed by atoms with Gasteiger partial charge in [0.25, 0.3) is 5.91 Å². The summed E-state index contributed by atoms with van der Waals surface area (Å²) in [6.45, 7) is 2.99. The van der Waals surface area contributed by atoms with Crippen LogP contribution in [0.3, 0.4) is 0 Å². The van der Waals surface area contributed by atoms with Crippen molar-refractivity contribution >= 4 is 11.6 Å². The lowest BCUT2D eigenvalue weighted by molar-refractivity contribution is 0.0601. The molecule has 0 aromatic carbocycles. The Hall–Kier alpha value is -1.52. The van der Waals surface area contributed by atoms with Crippen LogP contribution < -0.4 is 5.73 Å². The molecule has 2 N–H and O–H groups in total. The summed E-state index contributed by atoms with van der Waals surface area (Å²) in [5, 5.41) is 4.54. The van der Waals surface area contributed by atoms with Crippen molar-refractivity contribution in [2.45, 2.75) is 70.4 Å². The number of amides is 1. The summed E-state index contributed by atoms with van der Waals surface area (Å²) in [7, 11) is 0. The summed E-state index contributed by atoms with van der Waals surface area (Å²) in [6.07, 6.45) is 11.1. The minimum absolute atomic E-state index is 0.0239. The average molecular weight is 290 g/mol. The van der Waals surface area contributed by atoms with Crippen molar-refractivity contribution < 1.29 is 4.79 Å².